The zero-order valence-electron chi connectivity index (χ0n) is 19.2. The summed E-state index contributed by atoms with van der Waals surface area (Å²) in [6, 6.07) is 5.48. The van der Waals surface area contributed by atoms with Gasteiger partial charge in [0.1, 0.15) is 24.2 Å². The average molecular weight is 514 g/mol. The van der Waals surface area contributed by atoms with Crippen molar-refractivity contribution < 1.29 is 27.4 Å². The van der Waals surface area contributed by atoms with E-state index < -0.39 is 17.5 Å². The molecule has 0 unspecified atom stereocenters. The Balaban J connectivity index is 1.39. The maximum Gasteiger partial charge on any atom is 0.422 e. The number of pyridine rings is 1. The van der Waals surface area contributed by atoms with E-state index in [0.717, 1.165) is 22.5 Å². The number of alkyl halides is 3. The lowest BCUT2D eigenvalue weighted by Crippen LogP contribution is -2.41. The van der Waals surface area contributed by atoms with Crippen LogP contribution in [0.1, 0.15) is 23.7 Å². The molecular weight excluding hydrogens is 496 g/mol. The predicted molar refractivity (Wildman–Crippen MR) is 121 cm³/mol. The molecule has 37 heavy (non-hydrogen) atoms. The first-order valence-corrected chi connectivity index (χ1v) is 11.1. The molecule has 1 aliphatic heterocycles. The lowest BCUT2D eigenvalue weighted by Gasteiger charge is -2.27. The number of rotatable bonds is 5. The van der Waals surface area contributed by atoms with Gasteiger partial charge in [-0.25, -0.2) is 18.9 Å². The van der Waals surface area contributed by atoms with Crippen LogP contribution in [0.5, 0.6) is 5.75 Å². The van der Waals surface area contributed by atoms with Crippen molar-refractivity contribution in [3.63, 3.8) is 0 Å². The zero-order valence-corrected chi connectivity index (χ0v) is 19.2. The van der Waals surface area contributed by atoms with Gasteiger partial charge in [-0.05, 0) is 31.2 Å². The highest BCUT2D eigenvalue weighted by Crippen LogP contribution is 2.40. The van der Waals surface area contributed by atoms with E-state index in [-0.39, 0.29) is 18.0 Å². The van der Waals surface area contributed by atoms with E-state index in [2.05, 4.69) is 30.6 Å². The van der Waals surface area contributed by atoms with Gasteiger partial charge >= 0.3 is 6.18 Å². The molecule has 1 aromatic carbocycles. The van der Waals surface area contributed by atoms with Crippen LogP contribution in [-0.2, 0) is 18.6 Å². The minimum absolute atomic E-state index is 0.0661. The number of benzene rings is 1. The Morgan fingerprint density at radius 1 is 1.11 bits per heavy atom. The predicted octanol–water partition coefficient (Wildman–Crippen LogP) is 3.29. The second-order valence-electron chi connectivity index (χ2n) is 8.67. The van der Waals surface area contributed by atoms with Crippen LogP contribution >= 0.6 is 0 Å². The molecule has 4 aromatic heterocycles. The third kappa shape index (κ3) is 3.55. The summed E-state index contributed by atoms with van der Waals surface area (Å²) in [7, 11) is 0. The minimum Gasteiger partial charge on any atom is -0.493 e. The van der Waals surface area contributed by atoms with Crippen LogP contribution in [-0.4, -0.2) is 52.1 Å². The molecule has 0 bridgehead atoms. The topological polar surface area (TPSA) is 115 Å². The zero-order chi connectivity index (χ0) is 25.9. The van der Waals surface area contributed by atoms with Gasteiger partial charge in [-0.3, -0.25) is 4.40 Å². The molecule has 14 heteroatoms. The highest BCUT2D eigenvalue weighted by atomic mass is 19.4. The number of aliphatic hydroxyl groups is 1. The minimum atomic E-state index is -4.94. The molecule has 0 spiro atoms. The molecule has 0 aliphatic carbocycles. The molecular formula is C23H18F4N8O2. The standard InChI is InChI=1S/C23H18F4N8O2/c1-22(36,23(25,26)27)18-5-2-13(19-30-10-32-35(18)19)15-9-29-21(34-11-31-33-20(15)34)28-8-14-12-6-7-37-17(12)4-3-16(14)24/h2-5,9-11,36H,6-8H2,1H3,(H,28,29)/t22-/m1/s1. The average Bonchev–Trinajstić information content (AvgIpc) is 3.62. The van der Waals surface area contributed by atoms with Crippen LogP contribution < -0.4 is 10.1 Å². The van der Waals surface area contributed by atoms with E-state index in [1.54, 1.807) is 10.5 Å². The van der Waals surface area contributed by atoms with Gasteiger partial charge in [0.2, 0.25) is 5.95 Å². The van der Waals surface area contributed by atoms with Crippen LogP contribution in [0, 0.1) is 5.82 Å². The Kier molecular flexibility index (Phi) is 5.05. The Hall–Kier alpha value is -4.33. The molecule has 0 fully saturated rings. The highest BCUT2D eigenvalue weighted by molar-refractivity contribution is 5.86. The summed E-state index contributed by atoms with van der Waals surface area (Å²) in [5.41, 5.74) is -1.20. The van der Waals surface area contributed by atoms with Crippen LogP contribution in [0.3, 0.4) is 0 Å². The van der Waals surface area contributed by atoms with Crippen LogP contribution in [0.4, 0.5) is 23.5 Å². The van der Waals surface area contributed by atoms with Crippen LogP contribution in [0.2, 0.25) is 0 Å². The quantitative estimate of drug-likeness (QED) is 0.344. The maximum absolute atomic E-state index is 14.5. The molecule has 2 N–H and O–H groups in total. The van der Waals surface area contributed by atoms with E-state index >= 15 is 0 Å². The van der Waals surface area contributed by atoms with Gasteiger partial charge in [0.05, 0.1) is 12.3 Å². The summed E-state index contributed by atoms with van der Waals surface area (Å²) in [6.45, 7) is 1.27. The van der Waals surface area contributed by atoms with Crippen molar-refractivity contribution in [2.45, 2.75) is 31.7 Å². The Labute approximate surface area is 205 Å². The first kappa shape index (κ1) is 23.1. The van der Waals surface area contributed by atoms with Crippen molar-refractivity contribution in [1.82, 2.24) is 34.2 Å². The second-order valence-corrected chi connectivity index (χ2v) is 8.67. The van der Waals surface area contributed by atoms with Crippen molar-refractivity contribution in [3.05, 3.63) is 65.8 Å². The van der Waals surface area contributed by atoms with Gasteiger partial charge in [-0.15, -0.1) is 10.2 Å². The monoisotopic (exact) mass is 514 g/mol. The van der Waals surface area contributed by atoms with Crippen LogP contribution in [0.15, 0.2) is 43.1 Å². The lowest BCUT2D eigenvalue weighted by atomic mass is 9.99. The molecule has 0 radical (unpaired) electrons. The van der Waals surface area contributed by atoms with E-state index in [9.17, 15) is 22.7 Å². The fraction of sp³-hybridized carbons (Fsp3) is 0.261. The Morgan fingerprint density at radius 3 is 2.76 bits per heavy atom. The van der Waals surface area contributed by atoms with Crippen molar-refractivity contribution in [3.8, 4) is 16.9 Å². The number of nitrogens with one attached hydrogen (secondary N) is 1. The van der Waals surface area contributed by atoms with E-state index in [4.69, 9.17) is 4.74 Å². The van der Waals surface area contributed by atoms with Gasteiger partial charge < -0.3 is 15.2 Å². The van der Waals surface area contributed by atoms with E-state index in [1.807, 2.05) is 0 Å². The largest absolute Gasteiger partial charge is 0.493 e. The van der Waals surface area contributed by atoms with Gasteiger partial charge in [0, 0.05) is 41.4 Å². The number of hydrogen-bond acceptors (Lipinski definition) is 8. The third-order valence-electron chi connectivity index (χ3n) is 6.46. The summed E-state index contributed by atoms with van der Waals surface area (Å²) in [5, 5.41) is 25.3. The van der Waals surface area contributed by atoms with Crippen molar-refractivity contribution in [2.24, 2.45) is 0 Å². The first-order chi connectivity index (χ1) is 17.7. The SMILES string of the molecule is C[C@@](O)(c1ccc(-c2cnc(NCc3c(F)ccc4c3CCO4)n3cnnc23)c2ncnn12)C(F)(F)F. The highest BCUT2D eigenvalue weighted by Gasteiger charge is 2.53. The van der Waals surface area contributed by atoms with Gasteiger partial charge in [0.15, 0.2) is 16.9 Å². The lowest BCUT2D eigenvalue weighted by molar-refractivity contribution is -0.260. The molecule has 5 aromatic rings. The molecule has 1 aliphatic rings. The van der Waals surface area contributed by atoms with E-state index in [0.29, 0.717) is 54.0 Å². The maximum atomic E-state index is 14.5. The molecule has 10 nitrogen and oxygen atoms in total. The van der Waals surface area contributed by atoms with Crippen molar-refractivity contribution >= 4 is 17.2 Å². The van der Waals surface area contributed by atoms with Crippen LogP contribution in [0.25, 0.3) is 22.4 Å². The summed E-state index contributed by atoms with van der Waals surface area (Å²) >= 11 is 0. The number of anilines is 1. The summed E-state index contributed by atoms with van der Waals surface area (Å²) in [4.78, 5) is 8.53. The fourth-order valence-electron chi connectivity index (χ4n) is 4.45. The molecule has 6 rings (SSSR count). The number of fused-ring (bicyclic) bond motifs is 3. The molecule has 0 amide bonds. The smallest absolute Gasteiger partial charge is 0.422 e. The molecule has 190 valence electrons. The second kappa shape index (κ2) is 8.09. The number of halogens is 4. The Bertz CT molecular complexity index is 1660. The summed E-state index contributed by atoms with van der Waals surface area (Å²) in [5.74, 6) is 0.618. The number of ether oxygens (including phenoxy) is 1. The summed E-state index contributed by atoms with van der Waals surface area (Å²) in [6.07, 6.45) is -0.369. The normalized spacial score (nSPS) is 15.1. The number of aromatic nitrogens is 7. The van der Waals surface area contributed by atoms with Gasteiger partial charge in [-0.1, -0.05) is 0 Å². The number of hydrogen-bond donors (Lipinski definition) is 2. The molecule has 5 heterocycles. The van der Waals surface area contributed by atoms with Crippen molar-refractivity contribution in [1.29, 1.82) is 0 Å². The van der Waals surface area contributed by atoms with Gasteiger partial charge in [0.25, 0.3) is 0 Å². The fourth-order valence-corrected chi connectivity index (χ4v) is 4.45. The molecule has 0 saturated heterocycles. The van der Waals surface area contributed by atoms with E-state index in [1.165, 1.54) is 24.7 Å². The Morgan fingerprint density at radius 2 is 1.95 bits per heavy atom. The van der Waals surface area contributed by atoms with Gasteiger partial charge in [-0.2, -0.15) is 18.3 Å². The summed E-state index contributed by atoms with van der Waals surface area (Å²) < 4.78 is 63.0. The first-order valence-electron chi connectivity index (χ1n) is 11.1. The number of nitrogens with zero attached hydrogens (tertiary/aromatic N) is 7. The molecule has 1 atom stereocenters. The molecule has 0 saturated carbocycles. The third-order valence-corrected chi connectivity index (χ3v) is 6.46. The van der Waals surface area contributed by atoms with Crippen molar-refractivity contribution in [2.75, 3.05) is 11.9 Å².